The third-order valence-electron chi connectivity index (χ3n) is 9.96. The van der Waals surface area contributed by atoms with Gasteiger partial charge in [0.05, 0.1) is 34.0 Å². The Morgan fingerprint density at radius 1 is 1.16 bits per heavy atom. The maximum Gasteiger partial charge on any atom is 0.418 e. The number of fused-ring (bicyclic) bond motifs is 6. The largest absolute Gasteiger partial charge is 0.463 e. The highest BCUT2D eigenvalue weighted by atomic mass is 19.4. The summed E-state index contributed by atoms with van der Waals surface area (Å²) in [5.41, 5.74) is 2.59. The molecule has 0 spiro atoms. The van der Waals surface area contributed by atoms with Gasteiger partial charge in [-0.05, 0) is 56.8 Å². The van der Waals surface area contributed by atoms with E-state index in [2.05, 4.69) is 25.1 Å². The first kappa shape index (κ1) is 28.7. The molecule has 4 fully saturated rings. The molecule has 8 rings (SSSR count). The Morgan fingerprint density at radius 3 is 2.69 bits per heavy atom. The Hall–Kier alpha value is -3.78. The molecule has 0 aliphatic carbocycles. The Kier molecular flexibility index (Phi) is 6.44. The number of anilines is 2. The minimum absolute atomic E-state index is 0.111. The molecule has 14 heteroatoms. The number of aryl methyl sites for hydroxylation is 1. The van der Waals surface area contributed by atoms with E-state index < -0.39 is 40.5 Å². The van der Waals surface area contributed by atoms with Crippen molar-refractivity contribution in [2.24, 2.45) is 0 Å². The third-order valence-corrected chi connectivity index (χ3v) is 9.96. The van der Waals surface area contributed by atoms with Crippen LogP contribution in [0.4, 0.5) is 33.6 Å². The van der Waals surface area contributed by atoms with Crippen molar-refractivity contribution in [2.45, 2.75) is 69.0 Å². The van der Waals surface area contributed by atoms with Gasteiger partial charge >= 0.3 is 12.2 Å². The number of nitrogens with two attached hydrogens (primary N) is 1. The molecule has 4 saturated heterocycles. The van der Waals surface area contributed by atoms with Gasteiger partial charge in [-0.2, -0.15) is 23.1 Å². The number of rotatable bonds is 5. The van der Waals surface area contributed by atoms with Crippen LogP contribution in [0.1, 0.15) is 43.2 Å². The summed E-state index contributed by atoms with van der Waals surface area (Å²) >= 11 is 0. The summed E-state index contributed by atoms with van der Waals surface area (Å²) in [7, 11) is 0. The van der Waals surface area contributed by atoms with E-state index in [4.69, 9.17) is 19.9 Å². The average Bonchev–Trinajstić information content (AvgIpc) is 3.74. The van der Waals surface area contributed by atoms with E-state index in [9.17, 15) is 17.6 Å². The van der Waals surface area contributed by atoms with Gasteiger partial charge in [0.2, 0.25) is 0 Å². The lowest BCUT2D eigenvalue weighted by molar-refractivity contribution is -0.137. The van der Waals surface area contributed by atoms with Crippen LogP contribution in [0.5, 0.6) is 6.01 Å². The van der Waals surface area contributed by atoms with Gasteiger partial charge in [-0.25, -0.2) is 13.8 Å². The number of furan rings is 1. The van der Waals surface area contributed by atoms with Crippen molar-refractivity contribution >= 4 is 33.5 Å². The van der Waals surface area contributed by atoms with Crippen molar-refractivity contribution < 1.29 is 31.1 Å². The van der Waals surface area contributed by atoms with Crippen LogP contribution < -0.4 is 20.7 Å². The van der Waals surface area contributed by atoms with E-state index in [1.807, 2.05) is 0 Å². The van der Waals surface area contributed by atoms with E-state index in [1.54, 1.807) is 6.07 Å². The highest BCUT2D eigenvalue weighted by molar-refractivity contribution is 6.15. The molecule has 9 nitrogen and oxygen atoms in total. The number of hydrogen-bond acceptors (Lipinski definition) is 9. The third kappa shape index (κ3) is 4.58. The number of nitrogens with one attached hydrogen (secondary N) is 1. The van der Waals surface area contributed by atoms with E-state index in [-0.39, 0.29) is 47.2 Å². The Balaban J connectivity index is 1.34. The van der Waals surface area contributed by atoms with Gasteiger partial charge in [0.1, 0.15) is 35.5 Å². The quantitative estimate of drug-likeness (QED) is 0.282. The number of pyridine rings is 1. The number of nitrogens with zero attached hydrogens (tertiary/aromatic N) is 5. The summed E-state index contributed by atoms with van der Waals surface area (Å²) in [4.78, 5) is 17.4. The SMILES string of the molecule is Cc1cc(N)nc(-c2c(F)c3nc(OC[C@@]45CCCN4C[C@H](F)C5)nc(N4C[C@H]5CC[C@@H](C4)N5)c3c3ccoc23)c1C(F)(F)F. The molecule has 7 heterocycles. The van der Waals surface area contributed by atoms with Crippen molar-refractivity contribution in [3.63, 3.8) is 0 Å². The predicted octanol–water partition coefficient (Wildman–Crippen LogP) is 5.38. The first-order valence-electron chi connectivity index (χ1n) is 15.3. The lowest BCUT2D eigenvalue weighted by Gasteiger charge is -2.35. The average molecular weight is 630 g/mol. The molecular formula is C31H32F5N7O2. The van der Waals surface area contributed by atoms with Gasteiger partial charge in [-0.15, -0.1) is 0 Å². The summed E-state index contributed by atoms with van der Waals surface area (Å²) in [5.74, 6) is -0.831. The molecule has 0 saturated carbocycles. The Morgan fingerprint density at radius 2 is 1.93 bits per heavy atom. The molecule has 0 unspecified atom stereocenters. The molecule has 2 bridgehead atoms. The van der Waals surface area contributed by atoms with Gasteiger partial charge in [0.25, 0.3) is 0 Å². The number of ether oxygens (including phenoxy) is 1. The number of halogens is 5. The van der Waals surface area contributed by atoms with Gasteiger partial charge in [0.15, 0.2) is 5.82 Å². The summed E-state index contributed by atoms with van der Waals surface area (Å²) in [6.07, 6.45) is -0.566. The first-order chi connectivity index (χ1) is 21.5. The predicted molar refractivity (Wildman–Crippen MR) is 157 cm³/mol. The first-order valence-corrected chi connectivity index (χ1v) is 15.3. The summed E-state index contributed by atoms with van der Waals surface area (Å²) in [6.45, 7) is 3.66. The monoisotopic (exact) mass is 629 g/mol. The lowest BCUT2D eigenvalue weighted by atomic mass is 9.95. The molecule has 3 aromatic heterocycles. The normalized spacial score (nSPS) is 26.8. The molecule has 0 amide bonds. The van der Waals surface area contributed by atoms with Gasteiger partial charge in [0, 0.05) is 43.5 Å². The summed E-state index contributed by atoms with van der Waals surface area (Å²) in [5, 5.41) is 4.23. The maximum absolute atomic E-state index is 17.0. The van der Waals surface area contributed by atoms with Crippen molar-refractivity contribution in [3.05, 3.63) is 35.3 Å². The molecule has 45 heavy (non-hydrogen) atoms. The molecule has 1 aromatic carbocycles. The lowest BCUT2D eigenvalue weighted by Crippen LogP contribution is -2.51. The number of hydrogen-bond donors (Lipinski definition) is 2. The zero-order chi connectivity index (χ0) is 31.2. The fourth-order valence-corrected chi connectivity index (χ4v) is 8.11. The van der Waals surface area contributed by atoms with Crippen molar-refractivity contribution in [1.82, 2.24) is 25.2 Å². The number of nitrogen functional groups attached to an aromatic ring is 1. The van der Waals surface area contributed by atoms with Crippen LogP contribution in [-0.4, -0.2) is 76.4 Å². The molecule has 4 aliphatic rings. The molecule has 0 radical (unpaired) electrons. The van der Waals surface area contributed by atoms with Crippen molar-refractivity contribution in [2.75, 3.05) is 43.4 Å². The standard InChI is InChI=1S/C31H32F5N7O2/c1-15-9-20(37)39-25(23(15)31(34,35)36)22-24(33)26-21(19-5-8-44-27(19)22)28(42-12-17-3-4-18(13-42)38-17)41-29(40-26)45-14-30-6-2-7-43(30)11-16(32)10-30/h5,8-9,16-18,38H,2-4,6-7,10-14H2,1H3,(H2,37,39)/t16-,17-,18+,30+/m1/s1. The van der Waals surface area contributed by atoms with Crippen LogP contribution in [0.3, 0.4) is 0 Å². The molecule has 238 valence electrons. The van der Waals surface area contributed by atoms with Gasteiger partial charge < -0.3 is 25.1 Å². The van der Waals surface area contributed by atoms with Gasteiger partial charge in [-0.1, -0.05) is 0 Å². The highest BCUT2D eigenvalue weighted by Gasteiger charge is 2.49. The maximum atomic E-state index is 17.0. The number of piperazine rings is 1. The van der Waals surface area contributed by atoms with E-state index in [0.29, 0.717) is 42.6 Å². The van der Waals surface area contributed by atoms with Crippen molar-refractivity contribution in [1.29, 1.82) is 0 Å². The number of benzene rings is 1. The van der Waals surface area contributed by atoms with Crippen LogP contribution in [0, 0.1) is 12.7 Å². The molecular weight excluding hydrogens is 597 g/mol. The Labute approximate surface area is 254 Å². The number of alkyl halides is 4. The second-order valence-corrected chi connectivity index (χ2v) is 12.9. The fraction of sp³-hybridized carbons (Fsp3) is 0.516. The van der Waals surface area contributed by atoms with Crippen LogP contribution in [0.2, 0.25) is 0 Å². The summed E-state index contributed by atoms with van der Waals surface area (Å²) < 4.78 is 86.5. The topological polar surface area (TPSA) is 106 Å². The van der Waals surface area contributed by atoms with E-state index >= 15 is 4.39 Å². The zero-order valence-electron chi connectivity index (χ0n) is 24.6. The fourth-order valence-electron chi connectivity index (χ4n) is 8.11. The van der Waals surface area contributed by atoms with Crippen LogP contribution in [-0.2, 0) is 6.18 Å². The minimum Gasteiger partial charge on any atom is -0.463 e. The van der Waals surface area contributed by atoms with E-state index in [0.717, 1.165) is 38.3 Å². The second-order valence-electron chi connectivity index (χ2n) is 12.9. The van der Waals surface area contributed by atoms with Crippen LogP contribution in [0.15, 0.2) is 22.8 Å². The van der Waals surface area contributed by atoms with Crippen LogP contribution >= 0.6 is 0 Å². The molecule has 4 aliphatic heterocycles. The number of aromatic nitrogens is 3. The molecule has 4 aromatic rings. The van der Waals surface area contributed by atoms with Crippen molar-refractivity contribution in [3.8, 4) is 17.3 Å². The molecule has 3 N–H and O–H groups in total. The summed E-state index contributed by atoms with van der Waals surface area (Å²) in [6, 6.07) is 2.98. The molecule has 4 atom stereocenters. The Bertz CT molecular complexity index is 1820. The zero-order valence-corrected chi connectivity index (χ0v) is 24.6. The second kappa shape index (κ2) is 10.1. The van der Waals surface area contributed by atoms with Gasteiger partial charge in [-0.3, -0.25) is 4.90 Å². The smallest absolute Gasteiger partial charge is 0.418 e. The highest BCUT2D eigenvalue weighted by Crippen LogP contribution is 2.47. The van der Waals surface area contributed by atoms with E-state index in [1.165, 1.54) is 13.2 Å². The van der Waals surface area contributed by atoms with Crippen LogP contribution in [0.25, 0.3) is 33.1 Å². The minimum atomic E-state index is -4.85.